The van der Waals surface area contributed by atoms with Crippen LogP contribution in [0.15, 0.2) is 36.8 Å². The highest BCUT2D eigenvalue weighted by Crippen LogP contribution is 2.43. The smallest absolute Gasteiger partial charge is 0.163 e. The maximum absolute atomic E-state index is 9.13. The molecule has 1 aliphatic rings. The van der Waals surface area contributed by atoms with Gasteiger partial charge in [-0.25, -0.2) is 14.6 Å². The summed E-state index contributed by atoms with van der Waals surface area (Å²) >= 11 is 6.01. The summed E-state index contributed by atoms with van der Waals surface area (Å²) in [5.41, 5.74) is 1.93. The van der Waals surface area contributed by atoms with E-state index in [-0.39, 0.29) is 12.6 Å². The number of rotatable bonds is 6. The van der Waals surface area contributed by atoms with E-state index >= 15 is 0 Å². The van der Waals surface area contributed by atoms with Crippen LogP contribution < -0.4 is 5.32 Å². The SMILES string of the molecule is OCCn1ncc2c(NC(c3ccc(Cl)cc3)C3CC3)ncnc21. The second-order valence-corrected chi connectivity index (χ2v) is 6.50. The van der Waals surface area contributed by atoms with Gasteiger partial charge in [-0.15, -0.1) is 0 Å². The number of anilines is 1. The minimum absolute atomic E-state index is 0.0268. The van der Waals surface area contributed by atoms with Crippen molar-refractivity contribution in [3.63, 3.8) is 0 Å². The molecule has 0 amide bonds. The lowest BCUT2D eigenvalue weighted by Gasteiger charge is -2.20. The summed E-state index contributed by atoms with van der Waals surface area (Å²) < 4.78 is 1.69. The summed E-state index contributed by atoms with van der Waals surface area (Å²) in [6.07, 6.45) is 5.70. The van der Waals surface area contributed by atoms with E-state index in [1.807, 2.05) is 12.1 Å². The van der Waals surface area contributed by atoms with Crippen molar-refractivity contribution in [3.8, 4) is 0 Å². The molecule has 0 saturated heterocycles. The number of aliphatic hydroxyl groups excluding tert-OH is 1. The molecule has 1 fully saturated rings. The summed E-state index contributed by atoms with van der Waals surface area (Å²) in [5, 5.41) is 18.6. The van der Waals surface area contributed by atoms with E-state index in [2.05, 4.69) is 32.5 Å². The van der Waals surface area contributed by atoms with Crippen molar-refractivity contribution in [1.82, 2.24) is 19.7 Å². The van der Waals surface area contributed by atoms with Crippen molar-refractivity contribution in [3.05, 3.63) is 47.4 Å². The summed E-state index contributed by atoms with van der Waals surface area (Å²) in [6.45, 7) is 0.447. The molecule has 2 aromatic heterocycles. The molecule has 124 valence electrons. The predicted molar refractivity (Wildman–Crippen MR) is 92.9 cm³/mol. The van der Waals surface area contributed by atoms with Gasteiger partial charge in [0, 0.05) is 5.02 Å². The molecule has 1 atom stereocenters. The van der Waals surface area contributed by atoms with Crippen molar-refractivity contribution in [1.29, 1.82) is 0 Å². The van der Waals surface area contributed by atoms with Gasteiger partial charge in [-0.05, 0) is 36.5 Å². The fourth-order valence-corrected chi connectivity index (χ4v) is 3.11. The average Bonchev–Trinajstić information content (AvgIpc) is 3.36. The van der Waals surface area contributed by atoms with Crippen molar-refractivity contribution in [2.24, 2.45) is 5.92 Å². The first-order valence-electron chi connectivity index (χ1n) is 8.05. The Morgan fingerprint density at radius 3 is 2.75 bits per heavy atom. The predicted octanol–water partition coefficient (Wildman–Crippen LogP) is 3.04. The number of halogens is 1. The van der Waals surface area contributed by atoms with E-state index in [1.165, 1.54) is 24.7 Å². The lowest BCUT2D eigenvalue weighted by molar-refractivity contribution is 0.271. The molecule has 1 unspecified atom stereocenters. The summed E-state index contributed by atoms with van der Waals surface area (Å²) in [7, 11) is 0. The standard InChI is InChI=1S/C17H18ClN5O/c18-13-5-3-12(4-6-13)15(11-1-2-11)22-16-14-9-21-23(7-8-24)17(14)20-10-19-16/h3-6,9-11,15,24H,1-2,7-8H2,(H,19,20,22). The molecule has 2 N–H and O–H groups in total. The lowest BCUT2D eigenvalue weighted by Crippen LogP contribution is -2.14. The van der Waals surface area contributed by atoms with Gasteiger partial charge in [-0.1, -0.05) is 23.7 Å². The zero-order valence-electron chi connectivity index (χ0n) is 13.1. The molecular weight excluding hydrogens is 326 g/mol. The molecule has 4 rings (SSSR count). The van der Waals surface area contributed by atoms with Crippen LogP contribution in [0.5, 0.6) is 0 Å². The van der Waals surface area contributed by atoms with Crippen LogP contribution in [-0.4, -0.2) is 31.5 Å². The lowest BCUT2D eigenvalue weighted by atomic mass is 10.0. The van der Waals surface area contributed by atoms with E-state index in [0.29, 0.717) is 12.5 Å². The molecule has 0 bridgehead atoms. The van der Waals surface area contributed by atoms with Gasteiger partial charge in [-0.2, -0.15) is 5.10 Å². The van der Waals surface area contributed by atoms with Gasteiger partial charge in [0.25, 0.3) is 0 Å². The number of hydrogen-bond acceptors (Lipinski definition) is 5. The van der Waals surface area contributed by atoms with Gasteiger partial charge in [0.1, 0.15) is 12.1 Å². The first-order valence-corrected chi connectivity index (χ1v) is 8.43. The van der Waals surface area contributed by atoms with Crippen LogP contribution in [0.2, 0.25) is 5.02 Å². The summed E-state index contributed by atoms with van der Waals surface area (Å²) in [6, 6.07) is 8.16. The normalized spacial score (nSPS) is 15.6. The average molecular weight is 344 g/mol. The van der Waals surface area contributed by atoms with E-state index in [4.69, 9.17) is 16.7 Å². The molecule has 7 heteroatoms. The van der Waals surface area contributed by atoms with E-state index in [9.17, 15) is 0 Å². The fourth-order valence-electron chi connectivity index (χ4n) is 2.99. The van der Waals surface area contributed by atoms with Crippen LogP contribution in [0.25, 0.3) is 11.0 Å². The third-order valence-corrected chi connectivity index (χ3v) is 4.61. The van der Waals surface area contributed by atoms with Crippen molar-refractivity contribution >= 4 is 28.5 Å². The van der Waals surface area contributed by atoms with Crippen LogP contribution in [0, 0.1) is 5.92 Å². The minimum atomic E-state index is 0.0268. The quantitative estimate of drug-likeness (QED) is 0.719. The highest BCUT2D eigenvalue weighted by atomic mass is 35.5. The van der Waals surface area contributed by atoms with Crippen LogP contribution >= 0.6 is 11.6 Å². The second-order valence-electron chi connectivity index (χ2n) is 6.06. The molecule has 24 heavy (non-hydrogen) atoms. The molecule has 0 radical (unpaired) electrons. The minimum Gasteiger partial charge on any atom is -0.394 e. The van der Waals surface area contributed by atoms with Gasteiger partial charge < -0.3 is 10.4 Å². The number of aromatic nitrogens is 4. The largest absolute Gasteiger partial charge is 0.394 e. The Morgan fingerprint density at radius 1 is 1.25 bits per heavy atom. The zero-order valence-corrected chi connectivity index (χ0v) is 13.8. The van der Waals surface area contributed by atoms with Gasteiger partial charge >= 0.3 is 0 Å². The Morgan fingerprint density at radius 2 is 2.04 bits per heavy atom. The third-order valence-electron chi connectivity index (χ3n) is 4.36. The highest BCUT2D eigenvalue weighted by molar-refractivity contribution is 6.30. The molecule has 0 aliphatic heterocycles. The molecule has 1 aliphatic carbocycles. The second kappa shape index (κ2) is 6.37. The van der Waals surface area contributed by atoms with E-state index in [0.717, 1.165) is 21.9 Å². The topological polar surface area (TPSA) is 75.9 Å². The fraction of sp³-hybridized carbons (Fsp3) is 0.353. The van der Waals surface area contributed by atoms with Crippen molar-refractivity contribution in [2.45, 2.75) is 25.4 Å². The Kier molecular flexibility index (Phi) is 4.08. The number of aliphatic hydroxyl groups is 1. The maximum Gasteiger partial charge on any atom is 0.163 e. The van der Waals surface area contributed by atoms with Crippen LogP contribution in [0.4, 0.5) is 5.82 Å². The van der Waals surface area contributed by atoms with Crippen LogP contribution in [0.3, 0.4) is 0 Å². The monoisotopic (exact) mass is 343 g/mol. The number of benzene rings is 1. The molecule has 1 aromatic carbocycles. The molecule has 3 aromatic rings. The first-order chi connectivity index (χ1) is 11.8. The summed E-state index contributed by atoms with van der Waals surface area (Å²) in [4.78, 5) is 8.70. The Balaban J connectivity index is 1.67. The van der Waals surface area contributed by atoms with E-state index < -0.39 is 0 Å². The zero-order chi connectivity index (χ0) is 16.5. The maximum atomic E-state index is 9.13. The van der Waals surface area contributed by atoms with Crippen LogP contribution in [-0.2, 0) is 6.54 Å². The molecule has 6 nitrogen and oxygen atoms in total. The number of hydrogen-bond donors (Lipinski definition) is 2. The van der Waals surface area contributed by atoms with Crippen LogP contribution in [0.1, 0.15) is 24.4 Å². The van der Waals surface area contributed by atoms with Crippen molar-refractivity contribution in [2.75, 3.05) is 11.9 Å². The molecule has 2 heterocycles. The molecule has 0 spiro atoms. The molecule has 1 saturated carbocycles. The number of nitrogens with one attached hydrogen (secondary N) is 1. The number of fused-ring (bicyclic) bond motifs is 1. The molecular formula is C17H18ClN5O. The highest BCUT2D eigenvalue weighted by Gasteiger charge is 2.33. The summed E-state index contributed by atoms with van der Waals surface area (Å²) in [5.74, 6) is 1.37. The Labute approximate surface area is 144 Å². The van der Waals surface area contributed by atoms with E-state index in [1.54, 1.807) is 10.9 Å². The third kappa shape index (κ3) is 2.95. The van der Waals surface area contributed by atoms with Gasteiger partial charge in [0.05, 0.1) is 30.8 Å². The van der Waals surface area contributed by atoms with Gasteiger partial charge in [0.15, 0.2) is 5.65 Å². The Hall–Kier alpha value is -2.18. The van der Waals surface area contributed by atoms with Crippen molar-refractivity contribution < 1.29 is 5.11 Å². The first kappa shape index (κ1) is 15.4. The Bertz CT molecular complexity index is 844. The van der Waals surface area contributed by atoms with Gasteiger partial charge in [-0.3, -0.25) is 0 Å². The number of nitrogens with zero attached hydrogens (tertiary/aromatic N) is 4. The van der Waals surface area contributed by atoms with Gasteiger partial charge in [0.2, 0.25) is 0 Å².